The first-order valence-electron chi connectivity index (χ1n) is 8.50. The quantitative estimate of drug-likeness (QED) is 0.781. The Morgan fingerprint density at radius 2 is 2.00 bits per heavy atom. The molecule has 6 heteroatoms. The summed E-state index contributed by atoms with van der Waals surface area (Å²) in [6, 6.07) is 0. The average Bonchev–Trinajstić information content (AvgIpc) is 2.77. The molecule has 0 aromatic rings. The second kappa shape index (κ2) is 9.10. The molecule has 2 amide bonds. The van der Waals surface area contributed by atoms with Crippen LogP contribution >= 0.6 is 0 Å². The van der Waals surface area contributed by atoms with Crippen LogP contribution in [0.25, 0.3) is 0 Å². The van der Waals surface area contributed by atoms with Crippen LogP contribution in [-0.4, -0.2) is 74.1 Å². The molecule has 0 saturated carbocycles. The molecule has 0 aromatic heterocycles. The van der Waals surface area contributed by atoms with Crippen molar-refractivity contribution in [3.05, 3.63) is 0 Å². The highest BCUT2D eigenvalue weighted by atomic mass is 16.5. The van der Waals surface area contributed by atoms with E-state index < -0.39 is 0 Å². The van der Waals surface area contributed by atoms with Crippen molar-refractivity contribution in [2.75, 3.05) is 46.4 Å². The smallest absolute Gasteiger partial charge is 0.248 e. The molecule has 2 heterocycles. The molecule has 2 fully saturated rings. The van der Waals surface area contributed by atoms with Gasteiger partial charge in [0.15, 0.2) is 0 Å². The molecule has 1 unspecified atom stereocenters. The minimum Gasteiger partial charge on any atom is -0.365 e. The summed E-state index contributed by atoms with van der Waals surface area (Å²) in [5.74, 6) is 0.0815. The fourth-order valence-corrected chi connectivity index (χ4v) is 3.02. The van der Waals surface area contributed by atoms with Crippen LogP contribution in [-0.2, 0) is 14.3 Å². The zero-order valence-corrected chi connectivity index (χ0v) is 13.7. The predicted octanol–water partition coefficient (Wildman–Crippen LogP) is 0.616. The van der Waals surface area contributed by atoms with E-state index >= 15 is 0 Å². The highest BCUT2D eigenvalue weighted by Crippen LogP contribution is 2.10. The zero-order chi connectivity index (χ0) is 15.8. The number of nitrogens with zero attached hydrogens (tertiary/aromatic N) is 2. The average molecular weight is 311 g/mol. The molecule has 2 aliphatic rings. The van der Waals surface area contributed by atoms with Gasteiger partial charge >= 0.3 is 0 Å². The number of carbonyl (C=O) groups excluding carboxylic acids is 2. The topological polar surface area (TPSA) is 61.9 Å². The first-order chi connectivity index (χ1) is 10.6. The van der Waals surface area contributed by atoms with Crippen LogP contribution in [0.5, 0.6) is 0 Å². The van der Waals surface area contributed by atoms with Crippen LogP contribution in [0.15, 0.2) is 0 Å². The monoisotopic (exact) mass is 311 g/mol. The molecule has 0 bridgehead atoms. The minimum atomic E-state index is -0.0859. The number of carbonyl (C=O) groups is 2. The van der Waals surface area contributed by atoms with Gasteiger partial charge in [0, 0.05) is 26.6 Å². The molecule has 0 aliphatic carbocycles. The molecular formula is C16H29N3O3. The summed E-state index contributed by atoms with van der Waals surface area (Å²) in [6.07, 6.45) is 6.66. The number of rotatable bonds is 6. The zero-order valence-electron chi connectivity index (χ0n) is 13.7. The van der Waals surface area contributed by atoms with Gasteiger partial charge in [-0.3, -0.25) is 9.59 Å². The van der Waals surface area contributed by atoms with Crippen molar-refractivity contribution in [3.8, 4) is 0 Å². The Bertz CT molecular complexity index is 368. The first kappa shape index (κ1) is 17.2. The Kier molecular flexibility index (Phi) is 7.12. The second-order valence-corrected chi connectivity index (χ2v) is 6.37. The Hall–Kier alpha value is -1.14. The highest BCUT2D eigenvalue weighted by Gasteiger charge is 2.23. The molecule has 6 nitrogen and oxygen atoms in total. The second-order valence-electron chi connectivity index (χ2n) is 6.37. The summed E-state index contributed by atoms with van der Waals surface area (Å²) in [7, 11) is 1.76. The molecule has 0 aromatic carbocycles. The van der Waals surface area contributed by atoms with Crippen LogP contribution in [0.2, 0.25) is 0 Å². The van der Waals surface area contributed by atoms with Crippen molar-refractivity contribution in [2.45, 2.75) is 44.6 Å². The van der Waals surface area contributed by atoms with Gasteiger partial charge in [0.1, 0.15) is 6.61 Å². The van der Waals surface area contributed by atoms with Crippen LogP contribution in [0.1, 0.15) is 38.5 Å². The number of likely N-dealkylation sites (N-methyl/N-ethyl adjacent to an activating group) is 1. The molecule has 0 radical (unpaired) electrons. The molecule has 2 saturated heterocycles. The number of hydrogen-bond acceptors (Lipinski definition) is 4. The van der Waals surface area contributed by atoms with Gasteiger partial charge in [0.2, 0.25) is 11.8 Å². The van der Waals surface area contributed by atoms with Gasteiger partial charge in [0.25, 0.3) is 0 Å². The SMILES string of the molecule is CN1CC(CNC(=O)CCCN2CCCCCC2)OCC1=O. The summed E-state index contributed by atoms with van der Waals surface area (Å²) in [6.45, 7) is 4.53. The summed E-state index contributed by atoms with van der Waals surface area (Å²) in [4.78, 5) is 27.3. The molecule has 0 spiro atoms. The fourth-order valence-electron chi connectivity index (χ4n) is 3.02. The van der Waals surface area contributed by atoms with Crippen LogP contribution in [0, 0.1) is 0 Å². The third-order valence-corrected chi connectivity index (χ3v) is 4.45. The molecule has 2 rings (SSSR count). The lowest BCUT2D eigenvalue weighted by molar-refractivity contribution is -0.146. The van der Waals surface area contributed by atoms with Crippen molar-refractivity contribution < 1.29 is 14.3 Å². The van der Waals surface area contributed by atoms with Crippen molar-refractivity contribution in [1.82, 2.24) is 15.1 Å². The van der Waals surface area contributed by atoms with Gasteiger partial charge in [-0.25, -0.2) is 0 Å². The summed E-state index contributed by atoms with van der Waals surface area (Å²) in [5.41, 5.74) is 0. The predicted molar refractivity (Wildman–Crippen MR) is 84.5 cm³/mol. The van der Waals surface area contributed by atoms with E-state index in [-0.39, 0.29) is 24.5 Å². The summed E-state index contributed by atoms with van der Waals surface area (Å²) < 4.78 is 5.41. The highest BCUT2D eigenvalue weighted by molar-refractivity contribution is 5.78. The van der Waals surface area contributed by atoms with E-state index in [0.29, 0.717) is 19.5 Å². The Morgan fingerprint density at radius 1 is 1.27 bits per heavy atom. The lowest BCUT2D eigenvalue weighted by Gasteiger charge is -2.29. The largest absolute Gasteiger partial charge is 0.365 e. The number of hydrogen-bond donors (Lipinski definition) is 1. The van der Waals surface area contributed by atoms with Crippen molar-refractivity contribution in [2.24, 2.45) is 0 Å². The third-order valence-electron chi connectivity index (χ3n) is 4.45. The number of ether oxygens (including phenoxy) is 1. The molecular weight excluding hydrogens is 282 g/mol. The number of morpholine rings is 1. The Balaban J connectivity index is 1.55. The van der Waals surface area contributed by atoms with Crippen LogP contribution in [0.3, 0.4) is 0 Å². The molecule has 1 N–H and O–H groups in total. The minimum absolute atomic E-state index is 0.0000245. The molecule has 2 aliphatic heterocycles. The molecule has 1 atom stereocenters. The van der Waals surface area contributed by atoms with Gasteiger partial charge in [0.05, 0.1) is 6.10 Å². The van der Waals surface area contributed by atoms with Gasteiger partial charge in [-0.2, -0.15) is 0 Å². The van der Waals surface area contributed by atoms with E-state index in [1.165, 1.54) is 38.8 Å². The van der Waals surface area contributed by atoms with Gasteiger partial charge < -0.3 is 19.9 Å². The van der Waals surface area contributed by atoms with Crippen molar-refractivity contribution in [1.29, 1.82) is 0 Å². The third kappa shape index (κ3) is 5.93. The van der Waals surface area contributed by atoms with E-state index in [2.05, 4.69) is 10.2 Å². The maximum Gasteiger partial charge on any atom is 0.248 e. The number of nitrogens with one attached hydrogen (secondary N) is 1. The normalized spacial score (nSPS) is 24.1. The Morgan fingerprint density at radius 3 is 2.68 bits per heavy atom. The maximum absolute atomic E-state index is 11.9. The van der Waals surface area contributed by atoms with Crippen LogP contribution in [0.4, 0.5) is 0 Å². The standard InChI is InChI=1S/C16H29N3O3/c1-18-12-14(22-13-16(18)21)11-17-15(20)7-6-10-19-8-4-2-3-5-9-19/h14H,2-13H2,1H3,(H,17,20). The first-order valence-corrected chi connectivity index (χ1v) is 8.50. The summed E-state index contributed by atoms with van der Waals surface area (Å²) >= 11 is 0. The fraction of sp³-hybridized carbons (Fsp3) is 0.875. The summed E-state index contributed by atoms with van der Waals surface area (Å²) in [5, 5.41) is 2.92. The van der Waals surface area contributed by atoms with E-state index in [4.69, 9.17) is 4.74 Å². The van der Waals surface area contributed by atoms with E-state index in [0.717, 1.165) is 13.0 Å². The van der Waals surface area contributed by atoms with E-state index in [9.17, 15) is 9.59 Å². The maximum atomic E-state index is 11.9. The van der Waals surface area contributed by atoms with Gasteiger partial charge in [-0.05, 0) is 38.9 Å². The molecule has 126 valence electrons. The Labute approximate surface area is 133 Å². The lowest BCUT2D eigenvalue weighted by atomic mass is 10.2. The van der Waals surface area contributed by atoms with E-state index in [1.807, 2.05) is 0 Å². The van der Waals surface area contributed by atoms with Crippen LogP contribution < -0.4 is 5.32 Å². The van der Waals surface area contributed by atoms with Gasteiger partial charge in [-0.1, -0.05) is 12.8 Å². The lowest BCUT2D eigenvalue weighted by Crippen LogP contribution is -2.48. The van der Waals surface area contributed by atoms with E-state index in [1.54, 1.807) is 11.9 Å². The van der Waals surface area contributed by atoms with Crippen molar-refractivity contribution >= 4 is 11.8 Å². The van der Waals surface area contributed by atoms with Crippen molar-refractivity contribution in [3.63, 3.8) is 0 Å². The van der Waals surface area contributed by atoms with Gasteiger partial charge in [-0.15, -0.1) is 0 Å². The number of amides is 2. The molecule has 22 heavy (non-hydrogen) atoms. The number of likely N-dealkylation sites (tertiary alicyclic amines) is 1.